The van der Waals surface area contributed by atoms with Gasteiger partial charge in [-0.1, -0.05) is 0 Å². The van der Waals surface area contributed by atoms with Gasteiger partial charge in [-0.2, -0.15) is 0 Å². The van der Waals surface area contributed by atoms with Crippen LogP contribution < -0.4 is 0 Å². The van der Waals surface area contributed by atoms with Crippen LogP contribution in [0.5, 0.6) is 0 Å². The molecule has 0 aromatic carbocycles. The zero-order valence-electron chi connectivity index (χ0n) is 9.41. The van der Waals surface area contributed by atoms with Crippen LogP contribution in [0.4, 0.5) is 4.79 Å². The van der Waals surface area contributed by atoms with Crippen LogP contribution in [0.1, 0.15) is 6.42 Å². The molecule has 17 heavy (non-hydrogen) atoms. The average Bonchev–Trinajstić information content (AvgIpc) is 2.63. The standard InChI is InChI=1S/C9H17NO6S/c11-3-2-10(9(13)16-5-4-12)8-1-6-17(14,15)7-8/h8,11-12H,1-7H2. The van der Waals surface area contributed by atoms with E-state index in [0.717, 1.165) is 0 Å². The van der Waals surface area contributed by atoms with E-state index in [1.54, 1.807) is 0 Å². The van der Waals surface area contributed by atoms with E-state index in [2.05, 4.69) is 0 Å². The number of hydrogen-bond donors (Lipinski definition) is 2. The maximum Gasteiger partial charge on any atom is 0.410 e. The van der Waals surface area contributed by atoms with Gasteiger partial charge in [-0.25, -0.2) is 13.2 Å². The Morgan fingerprint density at radius 3 is 2.53 bits per heavy atom. The molecule has 0 aromatic heterocycles. The summed E-state index contributed by atoms with van der Waals surface area (Å²) >= 11 is 0. The third kappa shape index (κ3) is 4.14. The van der Waals surface area contributed by atoms with Gasteiger partial charge in [0.15, 0.2) is 9.84 Å². The Hall–Kier alpha value is -0.860. The highest BCUT2D eigenvalue weighted by molar-refractivity contribution is 7.91. The Morgan fingerprint density at radius 1 is 1.35 bits per heavy atom. The molecule has 2 N–H and O–H groups in total. The van der Waals surface area contributed by atoms with Gasteiger partial charge >= 0.3 is 6.09 Å². The first-order valence-corrected chi connectivity index (χ1v) is 7.18. The number of hydrogen-bond acceptors (Lipinski definition) is 6. The molecule has 0 spiro atoms. The molecule has 1 atom stereocenters. The fourth-order valence-corrected chi connectivity index (χ4v) is 3.50. The number of sulfone groups is 1. The van der Waals surface area contributed by atoms with E-state index >= 15 is 0 Å². The van der Waals surface area contributed by atoms with Crippen molar-refractivity contribution in [3.05, 3.63) is 0 Å². The lowest BCUT2D eigenvalue weighted by Gasteiger charge is -2.26. The molecule has 0 radical (unpaired) electrons. The summed E-state index contributed by atoms with van der Waals surface area (Å²) in [6.07, 6.45) is -0.341. The lowest BCUT2D eigenvalue weighted by atomic mass is 10.2. The molecule has 1 amide bonds. The Kier molecular flexibility index (Phi) is 5.16. The van der Waals surface area contributed by atoms with Gasteiger partial charge in [-0.15, -0.1) is 0 Å². The average molecular weight is 267 g/mol. The van der Waals surface area contributed by atoms with Crippen LogP contribution in [0.15, 0.2) is 0 Å². The van der Waals surface area contributed by atoms with Gasteiger partial charge in [0.05, 0.1) is 30.8 Å². The van der Waals surface area contributed by atoms with Crippen molar-refractivity contribution < 1.29 is 28.2 Å². The topological polar surface area (TPSA) is 104 Å². The van der Waals surface area contributed by atoms with Crippen molar-refractivity contribution in [1.82, 2.24) is 4.90 Å². The molecule has 1 rings (SSSR count). The lowest BCUT2D eigenvalue weighted by molar-refractivity contribution is 0.0673. The highest BCUT2D eigenvalue weighted by Gasteiger charge is 2.35. The Morgan fingerprint density at radius 2 is 2.06 bits per heavy atom. The van der Waals surface area contributed by atoms with Crippen molar-refractivity contribution in [1.29, 1.82) is 0 Å². The normalized spacial score (nSPS) is 22.4. The van der Waals surface area contributed by atoms with Crippen LogP contribution in [-0.4, -0.2) is 73.5 Å². The zero-order chi connectivity index (χ0) is 12.9. The molecular formula is C9H17NO6S. The van der Waals surface area contributed by atoms with Gasteiger partial charge in [-0.05, 0) is 6.42 Å². The van der Waals surface area contributed by atoms with Crippen LogP contribution in [0.3, 0.4) is 0 Å². The van der Waals surface area contributed by atoms with Gasteiger partial charge in [0.1, 0.15) is 6.61 Å². The second kappa shape index (κ2) is 6.18. The van der Waals surface area contributed by atoms with E-state index in [9.17, 15) is 13.2 Å². The molecule has 0 aromatic rings. The number of aliphatic hydroxyl groups excluding tert-OH is 2. The molecule has 1 aliphatic heterocycles. The molecule has 1 saturated heterocycles. The number of amides is 1. The number of carbonyl (C=O) groups is 1. The molecule has 1 fully saturated rings. The van der Waals surface area contributed by atoms with Crippen molar-refractivity contribution in [2.24, 2.45) is 0 Å². The third-order valence-corrected chi connectivity index (χ3v) is 4.29. The molecule has 0 bridgehead atoms. The van der Waals surface area contributed by atoms with Crippen molar-refractivity contribution in [3.63, 3.8) is 0 Å². The van der Waals surface area contributed by atoms with Gasteiger partial charge in [0.2, 0.25) is 0 Å². The summed E-state index contributed by atoms with van der Waals surface area (Å²) in [6, 6.07) is -0.446. The molecule has 0 aliphatic carbocycles. The number of carbonyl (C=O) groups excluding carboxylic acids is 1. The van der Waals surface area contributed by atoms with E-state index in [0.29, 0.717) is 6.42 Å². The molecule has 8 heteroatoms. The van der Waals surface area contributed by atoms with E-state index in [-0.39, 0.29) is 37.9 Å². The van der Waals surface area contributed by atoms with Crippen LogP contribution in [0.25, 0.3) is 0 Å². The van der Waals surface area contributed by atoms with Crippen LogP contribution >= 0.6 is 0 Å². The van der Waals surface area contributed by atoms with Gasteiger partial charge in [0, 0.05) is 6.54 Å². The SMILES string of the molecule is O=C(OCCO)N(CCO)C1CCS(=O)(=O)C1. The number of aliphatic hydroxyl groups is 2. The Balaban J connectivity index is 2.62. The third-order valence-electron chi connectivity index (χ3n) is 2.54. The maximum absolute atomic E-state index is 11.6. The molecule has 1 aliphatic rings. The first-order chi connectivity index (χ1) is 8.00. The zero-order valence-corrected chi connectivity index (χ0v) is 10.2. The maximum atomic E-state index is 11.6. The van der Waals surface area contributed by atoms with E-state index in [1.165, 1.54) is 4.90 Å². The fourth-order valence-electron chi connectivity index (χ4n) is 1.77. The minimum Gasteiger partial charge on any atom is -0.447 e. The summed E-state index contributed by atoms with van der Waals surface area (Å²) in [5.41, 5.74) is 0. The monoisotopic (exact) mass is 267 g/mol. The second-order valence-electron chi connectivity index (χ2n) is 3.81. The molecule has 7 nitrogen and oxygen atoms in total. The van der Waals surface area contributed by atoms with Crippen molar-refractivity contribution in [2.75, 3.05) is 37.9 Å². The first-order valence-electron chi connectivity index (χ1n) is 5.35. The number of rotatable bonds is 5. The highest BCUT2D eigenvalue weighted by atomic mass is 32.2. The van der Waals surface area contributed by atoms with E-state index in [4.69, 9.17) is 14.9 Å². The number of nitrogens with zero attached hydrogens (tertiary/aromatic N) is 1. The molecule has 1 heterocycles. The molecule has 1 unspecified atom stereocenters. The molecule has 100 valence electrons. The van der Waals surface area contributed by atoms with Crippen molar-refractivity contribution in [2.45, 2.75) is 12.5 Å². The quantitative estimate of drug-likeness (QED) is 0.634. The van der Waals surface area contributed by atoms with E-state index in [1.807, 2.05) is 0 Å². The minimum absolute atomic E-state index is 0.0322. The Labute approximate surface area is 99.9 Å². The summed E-state index contributed by atoms with van der Waals surface area (Å²) in [7, 11) is -3.09. The summed E-state index contributed by atoms with van der Waals surface area (Å²) in [5, 5.41) is 17.4. The lowest BCUT2D eigenvalue weighted by Crippen LogP contribution is -2.43. The van der Waals surface area contributed by atoms with Crippen LogP contribution in [0, 0.1) is 0 Å². The number of ether oxygens (including phenoxy) is 1. The summed E-state index contributed by atoms with van der Waals surface area (Å²) in [5.74, 6) is -0.0475. The molecule has 0 saturated carbocycles. The van der Waals surface area contributed by atoms with Gasteiger partial charge in [-0.3, -0.25) is 0 Å². The van der Waals surface area contributed by atoms with Gasteiger partial charge < -0.3 is 19.8 Å². The second-order valence-corrected chi connectivity index (χ2v) is 6.04. The fraction of sp³-hybridized carbons (Fsp3) is 0.889. The van der Waals surface area contributed by atoms with Crippen molar-refractivity contribution in [3.8, 4) is 0 Å². The van der Waals surface area contributed by atoms with Gasteiger partial charge in [0.25, 0.3) is 0 Å². The summed E-state index contributed by atoms with van der Waals surface area (Å²) in [4.78, 5) is 12.8. The smallest absolute Gasteiger partial charge is 0.410 e. The summed E-state index contributed by atoms with van der Waals surface area (Å²) < 4.78 is 27.3. The van der Waals surface area contributed by atoms with Crippen molar-refractivity contribution >= 4 is 15.9 Å². The Bertz CT molecular complexity index is 354. The summed E-state index contributed by atoms with van der Waals surface area (Å²) in [6.45, 7) is -0.656. The highest BCUT2D eigenvalue weighted by Crippen LogP contribution is 2.18. The predicted octanol–water partition coefficient (Wildman–Crippen LogP) is -1.40. The minimum atomic E-state index is -3.09. The predicted molar refractivity (Wildman–Crippen MR) is 59.3 cm³/mol. The molecular weight excluding hydrogens is 250 g/mol. The first kappa shape index (κ1) is 14.2. The van der Waals surface area contributed by atoms with Crippen LogP contribution in [-0.2, 0) is 14.6 Å². The van der Waals surface area contributed by atoms with Crippen LogP contribution in [0.2, 0.25) is 0 Å². The largest absolute Gasteiger partial charge is 0.447 e. The van der Waals surface area contributed by atoms with E-state index < -0.39 is 22.0 Å².